The maximum Gasteiger partial charge on any atom is 0.312 e. The van der Waals surface area contributed by atoms with Gasteiger partial charge in [0.2, 0.25) is 0 Å². The molecule has 0 amide bonds. The van der Waals surface area contributed by atoms with E-state index in [1.165, 1.54) is 6.92 Å². The van der Waals surface area contributed by atoms with Gasteiger partial charge in [0.25, 0.3) is 0 Å². The average Bonchev–Trinajstić information content (AvgIpc) is 2.32. The fourth-order valence-electron chi connectivity index (χ4n) is 2.09. The first-order valence-corrected chi connectivity index (χ1v) is 6.74. The zero-order valence-electron chi connectivity index (χ0n) is 12.5. The molecule has 1 unspecified atom stereocenters. The number of carboxylic acids is 1. The number of carbonyl (C=O) groups is 1. The van der Waals surface area contributed by atoms with Gasteiger partial charge in [-0.1, -0.05) is 27.7 Å². The van der Waals surface area contributed by atoms with Gasteiger partial charge in [0.15, 0.2) is 0 Å². The van der Waals surface area contributed by atoms with Crippen LogP contribution in [0.25, 0.3) is 0 Å². The van der Waals surface area contributed by atoms with Gasteiger partial charge in [0.1, 0.15) is 5.69 Å². The molecule has 0 spiro atoms. The highest BCUT2D eigenvalue weighted by molar-refractivity contribution is 5.75. The van der Waals surface area contributed by atoms with Crippen molar-refractivity contribution in [3.05, 3.63) is 27.4 Å². The van der Waals surface area contributed by atoms with Crippen LogP contribution in [-0.4, -0.2) is 26.0 Å². The topological polar surface area (TPSA) is 92.4 Å². The Hall–Kier alpha value is -1.85. The van der Waals surface area contributed by atoms with Crippen molar-refractivity contribution >= 4 is 5.97 Å². The van der Waals surface area contributed by atoms with E-state index in [1.807, 2.05) is 13.8 Å². The number of aliphatic carboxylic acids is 1. The van der Waals surface area contributed by atoms with E-state index in [0.717, 1.165) is 0 Å². The van der Waals surface area contributed by atoms with Gasteiger partial charge < -0.3 is 10.3 Å². The van der Waals surface area contributed by atoms with E-state index < -0.39 is 17.4 Å². The van der Waals surface area contributed by atoms with Crippen LogP contribution in [0, 0.1) is 5.92 Å². The van der Waals surface area contributed by atoms with Crippen molar-refractivity contribution in [3.63, 3.8) is 0 Å². The summed E-state index contributed by atoms with van der Waals surface area (Å²) in [5, 5.41) is 19.2. The van der Waals surface area contributed by atoms with Crippen LogP contribution in [-0.2, 0) is 11.2 Å². The molecule has 0 saturated heterocycles. The number of nitrogens with zero attached hydrogens (tertiary/aromatic N) is 2. The molecule has 1 aromatic rings. The van der Waals surface area contributed by atoms with Crippen LogP contribution >= 0.6 is 0 Å². The van der Waals surface area contributed by atoms with Crippen molar-refractivity contribution < 1.29 is 15.1 Å². The highest BCUT2D eigenvalue weighted by atomic mass is 16.5. The summed E-state index contributed by atoms with van der Waals surface area (Å²) < 4.78 is 0.560. The molecule has 1 heterocycles. The molecule has 6 nitrogen and oxygen atoms in total. The minimum absolute atomic E-state index is 0.188. The minimum Gasteiger partial charge on any atom is -0.481 e. The van der Waals surface area contributed by atoms with Gasteiger partial charge in [-0.25, -0.2) is 4.98 Å². The van der Waals surface area contributed by atoms with E-state index in [2.05, 4.69) is 4.98 Å². The first-order chi connectivity index (χ1) is 9.16. The number of hydrogen-bond acceptors (Lipinski definition) is 4. The van der Waals surface area contributed by atoms with Crippen LogP contribution in [0.15, 0.2) is 4.79 Å². The molecule has 1 atom stereocenters. The predicted molar refractivity (Wildman–Crippen MR) is 74.4 cm³/mol. The molecular formula is C14H22N2O4. The summed E-state index contributed by atoms with van der Waals surface area (Å²) in [6.45, 7) is 8.92. The molecule has 2 N–H and O–H groups in total. The smallest absolute Gasteiger partial charge is 0.312 e. The van der Waals surface area contributed by atoms with Gasteiger partial charge in [0, 0.05) is 0 Å². The molecule has 6 heteroatoms. The van der Waals surface area contributed by atoms with E-state index in [1.54, 1.807) is 13.8 Å². The second-order valence-corrected chi connectivity index (χ2v) is 5.76. The van der Waals surface area contributed by atoms with Crippen LogP contribution in [0.3, 0.4) is 0 Å². The van der Waals surface area contributed by atoms with Crippen molar-refractivity contribution in [2.24, 2.45) is 5.92 Å². The van der Waals surface area contributed by atoms with Gasteiger partial charge >= 0.3 is 11.5 Å². The van der Waals surface area contributed by atoms with Crippen molar-refractivity contribution in [1.29, 1.82) is 0 Å². The second-order valence-electron chi connectivity index (χ2n) is 5.76. The summed E-state index contributed by atoms with van der Waals surface area (Å²) in [5.74, 6) is -1.93. The molecule has 0 aliphatic carbocycles. The molecule has 0 aliphatic rings. The number of rotatable bonds is 5. The van der Waals surface area contributed by atoms with E-state index in [4.69, 9.17) is 5.11 Å². The minimum atomic E-state index is -1.03. The number of aromatic nitrogens is 2. The summed E-state index contributed by atoms with van der Waals surface area (Å²) in [6.07, 6.45) is 0.400. The zero-order chi connectivity index (χ0) is 15.6. The van der Waals surface area contributed by atoms with Crippen LogP contribution < -0.4 is 5.56 Å². The summed E-state index contributed by atoms with van der Waals surface area (Å²) in [4.78, 5) is 27.5. The highest BCUT2D eigenvalue weighted by Crippen LogP contribution is 2.24. The molecule has 0 radical (unpaired) electrons. The first-order valence-electron chi connectivity index (χ1n) is 6.74. The molecule has 0 bridgehead atoms. The quantitative estimate of drug-likeness (QED) is 0.806. The molecule has 0 aromatic carbocycles. The van der Waals surface area contributed by atoms with Gasteiger partial charge in [-0.05, 0) is 25.2 Å². The highest BCUT2D eigenvalue weighted by Gasteiger charge is 2.26. The molecule has 1 rings (SSSR count). The van der Waals surface area contributed by atoms with Crippen molar-refractivity contribution in [2.75, 3.05) is 0 Å². The summed E-state index contributed by atoms with van der Waals surface area (Å²) in [6, 6.07) is 0. The van der Waals surface area contributed by atoms with Crippen molar-refractivity contribution in [3.8, 4) is 0 Å². The summed E-state index contributed by atoms with van der Waals surface area (Å²) in [7, 11) is 0. The lowest BCUT2D eigenvalue weighted by molar-refractivity contribution is -0.138. The Labute approximate surface area is 118 Å². The van der Waals surface area contributed by atoms with Gasteiger partial charge in [-0.3, -0.25) is 9.59 Å². The van der Waals surface area contributed by atoms with E-state index >= 15 is 0 Å². The molecule has 0 aliphatic heterocycles. The predicted octanol–water partition coefficient (Wildman–Crippen LogP) is 1.99. The Bertz CT molecular complexity index is 561. The maximum atomic E-state index is 12.1. The third-order valence-electron chi connectivity index (χ3n) is 3.11. The SMILES string of the molecule is CC(C)Cc1nc(C(C)C(=O)O)c(C(C)C)n(O)c1=O. The molecule has 1 aromatic heterocycles. The van der Waals surface area contributed by atoms with E-state index in [0.29, 0.717) is 11.2 Å². The Kier molecular flexibility index (Phi) is 4.92. The lowest BCUT2D eigenvalue weighted by Gasteiger charge is -2.19. The first kappa shape index (κ1) is 16.2. The summed E-state index contributed by atoms with van der Waals surface area (Å²) >= 11 is 0. The van der Waals surface area contributed by atoms with E-state index in [-0.39, 0.29) is 28.9 Å². The molecular weight excluding hydrogens is 260 g/mol. The Morgan fingerprint density at radius 3 is 2.20 bits per heavy atom. The van der Waals surface area contributed by atoms with Crippen molar-refractivity contribution in [1.82, 2.24) is 9.71 Å². The Morgan fingerprint density at radius 1 is 1.25 bits per heavy atom. The fourth-order valence-corrected chi connectivity index (χ4v) is 2.09. The van der Waals surface area contributed by atoms with Crippen LogP contribution in [0.5, 0.6) is 0 Å². The molecule has 20 heavy (non-hydrogen) atoms. The van der Waals surface area contributed by atoms with Crippen LogP contribution in [0.4, 0.5) is 0 Å². The standard InChI is InChI=1S/C14H22N2O4/c1-7(2)6-10-13(17)16(20)12(8(3)4)11(15-10)9(5)14(18)19/h7-9,20H,6H2,1-5H3,(H,18,19). The summed E-state index contributed by atoms with van der Waals surface area (Å²) in [5.41, 5.74) is 0.154. The largest absolute Gasteiger partial charge is 0.481 e. The average molecular weight is 282 g/mol. The van der Waals surface area contributed by atoms with Gasteiger partial charge in [-0.15, -0.1) is 4.73 Å². The lowest BCUT2D eigenvalue weighted by atomic mass is 9.98. The number of carboxylic acid groups (broad SMARTS) is 1. The van der Waals surface area contributed by atoms with Gasteiger partial charge in [0.05, 0.1) is 17.3 Å². The second kappa shape index (κ2) is 6.07. The van der Waals surface area contributed by atoms with Crippen LogP contribution in [0.1, 0.15) is 63.5 Å². The van der Waals surface area contributed by atoms with E-state index in [9.17, 15) is 14.8 Å². The maximum absolute atomic E-state index is 12.1. The molecule has 0 saturated carbocycles. The molecule has 0 fully saturated rings. The zero-order valence-corrected chi connectivity index (χ0v) is 12.5. The third kappa shape index (κ3) is 3.18. The Balaban J connectivity index is 3.57. The molecule has 112 valence electrons. The third-order valence-corrected chi connectivity index (χ3v) is 3.11. The lowest BCUT2D eigenvalue weighted by Crippen LogP contribution is -2.31. The fraction of sp³-hybridized carbons (Fsp3) is 0.643. The van der Waals surface area contributed by atoms with Gasteiger partial charge in [-0.2, -0.15) is 0 Å². The number of hydrogen-bond donors (Lipinski definition) is 2. The normalized spacial score (nSPS) is 12.9. The monoisotopic (exact) mass is 282 g/mol. The van der Waals surface area contributed by atoms with Crippen molar-refractivity contribution in [2.45, 2.75) is 52.9 Å². The Morgan fingerprint density at radius 2 is 1.80 bits per heavy atom. The van der Waals surface area contributed by atoms with Crippen LogP contribution in [0.2, 0.25) is 0 Å².